The molecular weight excluding hydrogens is 377 g/mol. The van der Waals surface area contributed by atoms with Gasteiger partial charge < -0.3 is 5.32 Å². The molecule has 0 saturated carbocycles. The van der Waals surface area contributed by atoms with Gasteiger partial charge in [-0.1, -0.05) is 23.7 Å². The Morgan fingerprint density at radius 1 is 1.15 bits per heavy atom. The molecule has 0 fully saturated rings. The van der Waals surface area contributed by atoms with E-state index in [4.69, 9.17) is 11.6 Å². The van der Waals surface area contributed by atoms with Gasteiger partial charge in [0.15, 0.2) is 0 Å². The molecule has 0 atom stereocenters. The molecule has 0 saturated heterocycles. The molecule has 8 heteroatoms. The zero-order chi connectivity index (χ0) is 18.7. The number of para-hydroxylation sites is 1. The van der Waals surface area contributed by atoms with Crippen LogP contribution in [0.15, 0.2) is 42.5 Å². The first-order valence-electron chi connectivity index (χ1n) is 8.43. The number of hydrogen-bond acceptors (Lipinski definition) is 3. The smallest absolute Gasteiger partial charge is 0.308 e. The van der Waals surface area contributed by atoms with Gasteiger partial charge >= 0.3 is 10.2 Å². The Hall–Kier alpha value is -1.67. The van der Waals surface area contributed by atoms with E-state index in [1.807, 2.05) is 7.05 Å². The third-order valence-electron chi connectivity index (χ3n) is 4.32. The maximum absolute atomic E-state index is 14.4. The maximum atomic E-state index is 14.4. The van der Waals surface area contributed by atoms with Crippen molar-refractivity contribution in [1.82, 2.24) is 9.62 Å². The average Bonchev–Trinajstić information content (AvgIpc) is 2.60. The van der Waals surface area contributed by atoms with Gasteiger partial charge in [-0.3, -0.25) is 0 Å². The summed E-state index contributed by atoms with van der Waals surface area (Å²) in [6.45, 7) is 1.40. The van der Waals surface area contributed by atoms with Crippen LogP contribution >= 0.6 is 11.6 Å². The SMILES string of the molecule is CNCCCCN1Cc2cc(Cl)ccc2N(c2ccccc2F)S1(=O)=O. The van der Waals surface area contributed by atoms with Crippen molar-refractivity contribution in [2.75, 3.05) is 24.4 Å². The van der Waals surface area contributed by atoms with Crippen molar-refractivity contribution >= 4 is 33.2 Å². The van der Waals surface area contributed by atoms with Crippen molar-refractivity contribution in [3.8, 4) is 0 Å². The number of nitrogens with one attached hydrogen (secondary N) is 1. The lowest BCUT2D eigenvalue weighted by atomic mass is 10.1. The van der Waals surface area contributed by atoms with Crippen molar-refractivity contribution in [3.63, 3.8) is 0 Å². The van der Waals surface area contributed by atoms with Gasteiger partial charge in [-0.25, -0.2) is 8.70 Å². The van der Waals surface area contributed by atoms with Crippen molar-refractivity contribution in [2.45, 2.75) is 19.4 Å². The molecule has 0 aliphatic carbocycles. The highest BCUT2D eigenvalue weighted by molar-refractivity contribution is 7.90. The Balaban J connectivity index is 2.04. The van der Waals surface area contributed by atoms with E-state index in [0.29, 0.717) is 23.7 Å². The van der Waals surface area contributed by atoms with Gasteiger partial charge in [0.1, 0.15) is 5.82 Å². The molecule has 0 spiro atoms. The number of rotatable bonds is 6. The van der Waals surface area contributed by atoms with E-state index < -0.39 is 16.0 Å². The molecule has 2 aromatic carbocycles. The Bertz CT molecular complexity index is 892. The Morgan fingerprint density at radius 3 is 2.65 bits per heavy atom. The van der Waals surface area contributed by atoms with E-state index in [2.05, 4.69) is 5.32 Å². The summed E-state index contributed by atoms with van der Waals surface area (Å²) < 4.78 is 43.3. The Morgan fingerprint density at radius 2 is 1.92 bits per heavy atom. The molecule has 0 radical (unpaired) electrons. The van der Waals surface area contributed by atoms with Crippen LogP contribution in [0, 0.1) is 5.82 Å². The predicted octanol–water partition coefficient (Wildman–Crippen LogP) is 3.68. The first-order valence-corrected chi connectivity index (χ1v) is 10.2. The molecule has 1 heterocycles. The highest BCUT2D eigenvalue weighted by Crippen LogP contribution is 2.40. The van der Waals surface area contributed by atoms with Gasteiger partial charge in [0.05, 0.1) is 11.4 Å². The minimum atomic E-state index is -3.89. The van der Waals surface area contributed by atoms with Gasteiger partial charge in [0.25, 0.3) is 0 Å². The Kier molecular flexibility index (Phi) is 5.82. The van der Waals surface area contributed by atoms with E-state index in [9.17, 15) is 12.8 Å². The number of nitrogens with zero attached hydrogens (tertiary/aromatic N) is 2. The molecule has 1 aliphatic heterocycles. The first-order chi connectivity index (χ1) is 12.4. The summed E-state index contributed by atoms with van der Waals surface area (Å²) >= 11 is 6.10. The topological polar surface area (TPSA) is 52.6 Å². The predicted molar refractivity (Wildman–Crippen MR) is 102 cm³/mol. The number of benzene rings is 2. The van der Waals surface area contributed by atoms with E-state index >= 15 is 0 Å². The lowest BCUT2D eigenvalue weighted by Gasteiger charge is -2.37. The molecule has 0 aromatic heterocycles. The Labute approximate surface area is 158 Å². The molecule has 5 nitrogen and oxygen atoms in total. The number of halogens is 2. The second kappa shape index (κ2) is 7.92. The summed E-state index contributed by atoms with van der Waals surface area (Å²) in [6.07, 6.45) is 1.56. The molecule has 0 amide bonds. The van der Waals surface area contributed by atoms with Crippen LogP contribution in [0.1, 0.15) is 18.4 Å². The normalized spacial score (nSPS) is 16.5. The zero-order valence-electron chi connectivity index (χ0n) is 14.5. The van der Waals surface area contributed by atoms with Crippen LogP contribution in [0.2, 0.25) is 5.02 Å². The summed E-state index contributed by atoms with van der Waals surface area (Å²) in [5.41, 5.74) is 1.20. The monoisotopic (exact) mass is 397 g/mol. The molecule has 0 bridgehead atoms. The number of fused-ring (bicyclic) bond motifs is 1. The van der Waals surface area contributed by atoms with Crippen molar-refractivity contribution in [2.24, 2.45) is 0 Å². The fourth-order valence-corrected chi connectivity index (χ4v) is 4.96. The highest BCUT2D eigenvalue weighted by Gasteiger charge is 2.38. The molecule has 1 aliphatic rings. The standard InChI is InChI=1S/C18H21ClFN3O2S/c1-21-10-4-5-11-22-13-14-12-15(19)8-9-17(14)23(26(22,24)25)18-7-3-2-6-16(18)20/h2-3,6-9,12,21H,4-5,10-11,13H2,1H3. The fraction of sp³-hybridized carbons (Fsp3) is 0.333. The quantitative estimate of drug-likeness (QED) is 0.756. The van der Waals surface area contributed by atoms with Gasteiger partial charge in [-0.15, -0.1) is 0 Å². The van der Waals surface area contributed by atoms with Gasteiger partial charge in [-0.05, 0) is 62.3 Å². The van der Waals surface area contributed by atoms with E-state index in [1.165, 1.54) is 22.5 Å². The van der Waals surface area contributed by atoms with Crippen LogP contribution in [-0.2, 0) is 16.8 Å². The van der Waals surface area contributed by atoms with Gasteiger partial charge in [-0.2, -0.15) is 12.7 Å². The second-order valence-electron chi connectivity index (χ2n) is 6.14. The van der Waals surface area contributed by atoms with E-state index in [-0.39, 0.29) is 12.2 Å². The molecule has 3 rings (SSSR count). The summed E-state index contributed by atoms with van der Waals surface area (Å²) in [6, 6.07) is 10.9. The molecule has 0 unspecified atom stereocenters. The third kappa shape index (κ3) is 3.71. The summed E-state index contributed by atoms with van der Waals surface area (Å²) in [4.78, 5) is 0. The minimum Gasteiger partial charge on any atom is -0.320 e. The lowest BCUT2D eigenvalue weighted by Crippen LogP contribution is -2.46. The van der Waals surface area contributed by atoms with Crippen molar-refractivity contribution in [3.05, 3.63) is 58.9 Å². The largest absolute Gasteiger partial charge is 0.320 e. The first kappa shape index (κ1) is 19.1. The number of hydrogen-bond donors (Lipinski definition) is 1. The summed E-state index contributed by atoms with van der Waals surface area (Å²) in [7, 11) is -2.03. The fourth-order valence-electron chi connectivity index (χ4n) is 3.05. The average molecular weight is 398 g/mol. The van der Waals surface area contributed by atoms with E-state index in [1.54, 1.807) is 24.3 Å². The molecule has 1 N–H and O–H groups in total. The third-order valence-corrected chi connectivity index (χ3v) is 6.37. The second-order valence-corrected chi connectivity index (χ2v) is 8.35. The van der Waals surface area contributed by atoms with Crippen molar-refractivity contribution in [1.29, 1.82) is 0 Å². The highest BCUT2D eigenvalue weighted by atomic mass is 35.5. The van der Waals surface area contributed by atoms with Crippen LogP contribution in [0.25, 0.3) is 0 Å². The molecular formula is C18H21ClFN3O2S. The molecule has 2 aromatic rings. The maximum Gasteiger partial charge on any atom is 0.308 e. The van der Waals surface area contributed by atoms with Crippen LogP contribution < -0.4 is 9.62 Å². The van der Waals surface area contributed by atoms with Gasteiger partial charge in [0.2, 0.25) is 0 Å². The van der Waals surface area contributed by atoms with Crippen LogP contribution in [0.4, 0.5) is 15.8 Å². The number of anilines is 2. The summed E-state index contributed by atoms with van der Waals surface area (Å²) in [5, 5.41) is 3.57. The number of unbranched alkanes of at least 4 members (excludes halogenated alkanes) is 1. The molecule has 26 heavy (non-hydrogen) atoms. The van der Waals surface area contributed by atoms with Crippen LogP contribution in [0.3, 0.4) is 0 Å². The van der Waals surface area contributed by atoms with Crippen LogP contribution in [-0.4, -0.2) is 32.9 Å². The minimum absolute atomic E-state index is 0.0102. The van der Waals surface area contributed by atoms with Gasteiger partial charge in [0, 0.05) is 18.1 Å². The molecule has 140 valence electrons. The van der Waals surface area contributed by atoms with Crippen LogP contribution in [0.5, 0.6) is 0 Å². The zero-order valence-corrected chi connectivity index (χ0v) is 16.0. The lowest BCUT2D eigenvalue weighted by molar-refractivity contribution is 0.388. The summed E-state index contributed by atoms with van der Waals surface area (Å²) in [5.74, 6) is -0.589. The van der Waals surface area contributed by atoms with E-state index in [0.717, 1.165) is 22.8 Å². The van der Waals surface area contributed by atoms with Crippen molar-refractivity contribution < 1.29 is 12.8 Å².